The van der Waals surface area contributed by atoms with Gasteiger partial charge in [0.15, 0.2) is 0 Å². The Hall–Kier alpha value is -0.0712. The molecule has 0 heterocycles. The van der Waals surface area contributed by atoms with Crippen LogP contribution in [0, 0.1) is 6.07 Å². The van der Waals surface area contributed by atoms with E-state index in [1.807, 2.05) is 12.1 Å². The van der Waals surface area contributed by atoms with Crippen molar-refractivity contribution in [3.8, 4) is 0 Å². The number of hydrogen-bond donors (Lipinski definition) is 0. The smallest absolute Gasteiger partial charge is 0 e. The van der Waals surface area contributed by atoms with Gasteiger partial charge in [0, 0.05) is 32.7 Å². The van der Waals surface area contributed by atoms with E-state index in [1.165, 1.54) is 0 Å². The van der Waals surface area contributed by atoms with Gasteiger partial charge in [-0.1, -0.05) is 0 Å². The van der Waals surface area contributed by atoms with Crippen LogP contribution in [-0.4, -0.2) is 18.7 Å². The van der Waals surface area contributed by atoms with Crippen LogP contribution in [0.2, 0.25) is 0 Å². The van der Waals surface area contributed by atoms with Gasteiger partial charge in [-0.05, 0) is 0 Å². The molecular weight excluding hydrogens is 222 g/mol. The van der Waals surface area contributed by atoms with Gasteiger partial charge in [0.05, 0.1) is 0 Å². The Morgan fingerprint density at radius 3 is 2.58 bits per heavy atom. The van der Waals surface area contributed by atoms with Crippen LogP contribution in [0.15, 0.2) is 24.3 Å². The van der Waals surface area contributed by atoms with Crippen molar-refractivity contribution in [2.24, 2.45) is 0 Å². The van der Waals surface area contributed by atoms with Crippen molar-refractivity contribution in [3.05, 3.63) is 41.3 Å². The Labute approximate surface area is 99.0 Å². The van der Waals surface area contributed by atoms with Gasteiger partial charge in [-0.3, -0.25) is 0 Å². The molecule has 0 unspecified atom stereocenters. The topological polar surface area (TPSA) is 22.3 Å². The minimum Gasteiger partial charge on any atom is 0 e. The van der Waals surface area contributed by atoms with Crippen molar-refractivity contribution in [2.75, 3.05) is 0 Å². The Balaban J connectivity index is 0.00000121. The summed E-state index contributed by atoms with van der Waals surface area (Å²) in [6, 6.07) is 10.0. The van der Waals surface area contributed by atoms with E-state index < -0.39 is 0 Å². The molecule has 0 atom stereocenters. The molecule has 1 aromatic rings. The summed E-state index contributed by atoms with van der Waals surface area (Å²) in [5.74, 6) is 0. The van der Waals surface area contributed by atoms with E-state index in [0.29, 0.717) is 11.0 Å². The first kappa shape index (κ1) is 11.9. The number of benzene rings is 1. The predicted molar refractivity (Wildman–Crippen MR) is 49.2 cm³/mol. The summed E-state index contributed by atoms with van der Waals surface area (Å²) in [5.41, 5.74) is 1.14. The van der Waals surface area contributed by atoms with E-state index in [4.69, 9.17) is 7.49 Å². The third-order valence-electron chi connectivity index (χ3n) is 1.34. The molecule has 0 aliphatic rings. The maximum Gasteiger partial charge on any atom is 0 e. The summed E-state index contributed by atoms with van der Waals surface area (Å²) >= 11 is 0. The van der Waals surface area contributed by atoms with Gasteiger partial charge in [-0.25, -0.2) is 0 Å². The van der Waals surface area contributed by atoms with Crippen LogP contribution < -0.4 is 0 Å². The van der Waals surface area contributed by atoms with E-state index in [1.54, 1.807) is 19.1 Å². The summed E-state index contributed by atoms with van der Waals surface area (Å²) in [4.78, 5) is 0. The Morgan fingerprint density at radius 1 is 1.50 bits per heavy atom. The van der Waals surface area contributed by atoms with Crippen LogP contribution >= 0.6 is 0 Å². The van der Waals surface area contributed by atoms with Gasteiger partial charge in [-0.15, -0.1) is 0 Å². The van der Waals surface area contributed by atoms with Crippen molar-refractivity contribution in [2.45, 2.75) is 6.92 Å². The molecule has 0 saturated heterocycles. The Bertz CT molecular complexity index is 282. The molecule has 2 radical (unpaired) electrons. The van der Waals surface area contributed by atoms with Crippen LogP contribution in [0.3, 0.4) is 0 Å². The SMILES string of the molecule is [B]=C(C)C(=[N-])c1[c-]cccc1.[Y]. The molecule has 0 aliphatic heterocycles. The zero-order chi connectivity index (χ0) is 8.27. The summed E-state index contributed by atoms with van der Waals surface area (Å²) in [6.45, 7) is 1.65. The van der Waals surface area contributed by atoms with Crippen molar-refractivity contribution in [1.29, 1.82) is 0 Å². The maximum atomic E-state index is 9.32. The molecule has 3 heteroatoms. The third kappa shape index (κ3) is 3.12. The van der Waals surface area contributed by atoms with E-state index >= 15 is 0 Å². The van der Waals surface area contributed by atoms with Gasteiger partial charge < -0.3 is 0 Å². The van der Waals surface area contributed by atoms with Crippen molar-refractivity contribution in [3.63, 3.8) is 0 Å². The fourth-order valence-corrected chi connectivity index (χ4v) is 0.753. The fourth-order valence-electron chi connectivity index (χ4n) is 0.753. The van der Waals surface area contributed by atoms with Crippen LogP contribution in [0.4, 0.5) is 0 Å². The molecule has 1 aromatic carbocycles. The molecule has 1 nitrogen and oxygen atoms in total. The maximum absolute atomic E-state index is 9.32. The average Bonchev–Trinajstić information content (AvgIpc) is 2.05. The fraction of sp³-hybridized carbons (Fsp3) is 0.111. The van der Waals surface area contributed by atoms with Gasteiger partial charge in [0.2, 0.25) is 0 Å². The summed E-state index contributed by atoms with van der Waals surface area (Å²) in [6.07, 6.45) is 0. The summed E-state index contributed by atoms with van der Waals surface area (Å²) in [5, 5.41) is 9.32. The monoisotopic (exact) mass is 229 g/mol. The molecule has 0 saturated carbocycles. The van der Waals surface area contributed by atoms with Crippen molar-refractivity contribution < 1.29 is 32.7 Å². The Kier molecular flexibility index (Phi) is 5.52. The molecule has 1 rings (SSSR count). The van der Waals surface area contributed by atoms with Crippen LogP contribution in [0.25, 0.3) is 5.41 Å². The van der Waals surface area contributed by atoms with Crippen molar-refractivity contribution in [1.82, 2.24) is 0 Å². The molecule has 0 fully saturated rings. The largest absolute Gasteiger partial charge is 0 e. The first-order valence-electron chi connectivity index (χ1n) is 3.34. The predicted octanol–water partition coefficient (Wildman–Crippen LogP) is 1.20. The molecule has 0 bridgehead atoms. The molecular formula is C9H7BNY-2. The van der Waals surface area contributed by atoms with Crippen LogP contribution in [0.5, 0.6) is 0 Å². The molecule has 12 heavy (non-hydrogen) atoms. The molecule has 0 amide bonds. The van der Waals surface area contributed by atoms with Gasteiger partial charge >= 0.3 is 66.9 Å². The van der Waals surface area contributed by atoms with E-state index in [0.717, 1.165) is 0 Å². The van der Waals surface area contributed by atoms with E-state index in [9.17, 15) is 5.41 Å². The second-order valence-corrected chi connectivity index (χ2v) is 2.31. The van der Waals surface area contributed by atoms with Crippen molar-refractivity contribution >= 4 is 18.7 Å². The second-order valence-electron chi connectivity index (χ2n) is 2.31. The van der Waals surface area contributed by atoms with Gasteiger partial charge in [0.1, 0.15) is 0 Å². The molecule has 56 valence electrons. The quantitative estimate of drug-likeness (QED) is 0.413. The standard InChI is InChI=1S/C9H7BN.Y/c1-7(10)9(11)8-5-3-2-4-6-8;/h2-5H,1H3;/q-2;. The number of nitrogens with zero attached hydrogens (tertiary/aromatic N) is 1. The third-order valence-corrected chi connectivity index (χ3v) is 1.34. The normalized spacial score (nSPS) is 8.33. The van der Waals surface area contributed by atoms with Crippen LogP contribution in [-0.2, 0) is 32.7 Å². The van der Waals surface area contributed by atoms with Gasteiger partial charge in [0.25, 0.3) is 0 Å². The molecule has 0 spiro atoms. The summed E-state index contributed by atoms with van der Waals surface area (Å²) < 4.78 is 0. The van der Waals surface area contributed by atoms with Crippen LogP contribution in [0.1, 0.15) is 12.5 Å². The minimum absolute atomic E-state index is 0. The van der Waals surface area contributed by atoms with E-state index in [2.05, 4.69) is 6.07 Å². The Morgan fingerprint density at radius 2 is 2.17 bits per heavy atom. The zero-order valence-electron chi connectivity index (χ0n) is 6.91. The average molecular weight is 229 g/mol. The van der Waals surface area contributed by atoms with E-state index in [-0.39, 0.29) is 38.4 Å². The molecule has 0 aromatic heterocycles. The first-order chi connectivity index (χ1) is 5.22. The number of hydrogen-bond acceptors (Lipinski definition) is 0. The second kappa shape index (κ2) is 5.55. The zero-order valence-corrected chi connectivity index (χ0v) is 9.75. The minimum atomic E-state index is 0. The molecule has 0 aliphatic carbocycles. The molecule has 0 N–H and O–H groups in total. The summed E-state index contributed by atoms with van der Waals surface area (Å²) in [7, 11) is 5.38. The number of rotatable bonds is 2. The first-order valence-corrected chi connectivity index (χ1v) is 3.34. The van der Waals surface area contributed by atoms with Gasteiger partial charge in [-0.2, -0.15) is 0 Å².